The number of nitrogens with zero attached hydrogens (tertiary/aromatic N) is 4. The summed E-state index contributed by atoms with van der Waals surface area (Å²) < 4.78 is 1.77. The van der Waals surface area contributed by atoms with E-state index in [9.17, 15) is 0 Å². The lowest BCUT2D eigenvalue weighted by Crippen LogP contribution is -1.96. The Balaban J connectivity index is 1.98. The van der Waals surface area contributed by atoms with Crippen LogP contribution in [0.15, 0.2) is 54.7 Å². The summed E-state index contributed by atoms with van der Waals surface area (Å²) >= 11 is 0. The number of hydrogen-bond donors (Lipinski definition) is 0. The van der Waals surface area contributed by atoms with Crippen molar-refractivity contribution in [3.63, 3.8) is 0 Å². The van der Waals surface area contributed by atoms with Crippen LogP contribution in [-0.2, 0) is 0 Å². The van der Waals surface area contributed by atoms with Crippen molar-refractivity contribution in [2.45, 2.75) is 6.92 Å². The molecule has 0 amide bonds. The molecule has 0 saturated heterocycles. The van der Waals surface area contributed by atoms with Crippen LogP contribution in [0, 0.1) is 18.3 Å². The quantitative estimate of drug-likeness (QED) is 0.711. The van der Waals surface area contributed by atoms with Crippen LogP contribution in [0.5, 0.6) is 0 Å². The minimum atomic E-state index is 0.639. The molecule has 3 rings (SSSR count). The average Bonchev–Trinajstić information content (AvgIpc) is 2.97. The Labute approximate surface area is 116 Å². The Kier molecular flexibility index (Phi) is 3.02. The van der Waals surface area contributed by atoms with Gasteiger partial charge in [-0.2, -0.15) is 5.26 Å². The predicted octanol–water partition coefficient (Wildman–Crippen LogP) is 3.11. The Morgan fingerprint density at radius 1 is 1.05 bits per heavy atom. The van der Waals surface area contributed by atoms with Crippen LogP contribution in [0.4, 0.5) is 0 Å². The van der Waals surface area contributed by atoms with Crippen molar-refractivity contribution in [2.24, 2.45) is 0 Å². The van der Waals surface area contributed by atoms with Crippen molar-refractivity contribution in [3.8, 4) is 23.0 Å². The molecule has 2 aromatic carbocycles. The molecule has 3 aromatic rings. The monoisotopic (exact) mass is 260 g/mol. The molecule has 96 valence electrons. The van der Waals surface area contributed by atoms with Gasteiger partial charge in [0.25, 0.3) is 0 Å². The summed E-state index contributed by atoms with van der Waals surface area (Å²) in [5, 5.41) is 17.2. The van der Waals surface area contributed by atoms with Crippen LogP contribution in [0.2, 0.25) is 0 Å². The van der Waals surface area contributed by atoms with Gasteiger partial charge in [-0.3, -0.25) is 0 Å². The molecular formula is C16H12N4. The first-order valence-electron chi connectivity index (χ1n) is 6.27. The fraction of sp³-hybridized carbons (Fsp3) is 0.0625. The number of aryl methyl sites for hydroxylation is 1. The van der Waals surface area contributed by atoms with E-state index in [-0.39, 0.29) is 0 Å². The van der Waals surface area contributed by atoms with Gasteiger partial charge in [-0.05, 0) is 30.7 Å². The fourth-order valence-electron chi connectivity index (χ4n) is 2.05. The number of hydrogen-bond acceptors (Lipinski definition) is 3. The summed E-state index contributed by atoms with van der Waals surface area (Å²) in [7, 11) is 0. The molecule has 0 atom stereocenters. The van der Waals surface area contributed by atoms with Crippen molar-refractivity contribution in [2.75, 3.05) is 0 Å². The van der Waals surface area contributed by atoms with E-state index in [1.807, 2.05) is 49.5 Å². The first-order valence-corrected chi connectivity index (χ1v) is 6.27. The van der Waals surface area contributed by atoms with E-state index in [1.54, 1.807) is 16.8 Å². The smallest absolute Gasteiger partial charge is 0.113 e. The topological polar surface area (TPSA) is 54.5 Å². The lowest BCUT2D eigenvalue weighted by atomic mass is 10.1. The molecule has 0 bridgehead atoms. The maximum absolute atomic E-state index is 8.80. The van der Waals surface area contributed by atoms with Crippen molar-refractivity contribution in [3.05, 3.63) is 65.9 Å². The van der Waals surface area contributed by atoms with Gasteiger partial charge in [0.1, 0.15) is 5.69 Å². The Bertz CT molecular complexity index is 779. The van der Waals surface area contributed by atoms with E-state index in [0.717, 1.165) is 22.5 Å². The highest BCUT2D eigenvalue weighted by molar-refractivity contribution is 5.59. The minimum absolute atomic E-state index is 0.639. The molecule has 1 heterocycles. The summed E-state index contributed by atoms with van der Waals surface area (Å²) in [5.74, 6) is 0. The van der Waals surface area contributed by atoms with Crippen LogP contribution in [0.1, 0.15) is 11.1 Å². The number of aromatic nitrogens is 3. The van der Waals surface area contributed by atoms with Gasteiger partial charge < -0.3 is 0 Å². The summed E-state index contributed by atoms with van der Waals surface area (Å²) in [6, 6.07) is 17.4. The van der Waals surface area contributed by atoms with Crippen LogP contribution in [0.3, 0.4) is 0 Å². The minimum Gasteiger partial charge on any atom is -0.220 e. The molecule has 1 aromatic heterocycles. The van der Waals surface area contributed by atoms with Gasteiger partial charge in [-0.25, -0.2) is 4.68 Å². The van der Waals surface area contributed by atoms with Gasteiger partial charge in [0.05, 0.1) is 23.5 Å². The highest BCUT2D eigenvalue weighted by atomic mass is 15.4. The van der Waals surface area contributed by atoms with Gasteiger partial charge in [-0.1, -0.05) is 35.5 Å². The second-order valence-electron chi connectivity index (χ2n) is 4.52. The maximum Gasteiger partial charge on any atom is 0.113 e. The zero-order valence-electron chi connectivity index (χ0n) is 11.0. The average molecular weight is 260 g/mol. The lowest BCUT2D eigenvalue weighted by molar-refractivity contribution is 0.799. The molecule has 0 N–H and O–H groups in total. The van der Waals surface area contributed by atoms with E-state index in [0.29, 0.717) is 5.56 Å². The molecule has 0 aliphatic carbocycles. The van der Waals surface area contributed by atoms with Crippen molar-refractivity contribution < 1.29 is 0 Å². The molecule has 0 radical (unpaired) electrons. The van der Waals surface area contributed by atoms with E-state index < -0.39 is 0 Å². The molecule has 4 heteroatoms. The number of para-hydroxylation sites is 1. The summed E-state index contributed by atoms with van der Waals surface area (Å²) in [4.78, 5) is 0. The standard InChI is InChI=1S/C16H12N4/c1-12-4-2-3-5-16(12)20-11-15(18-19-20)14-8-6-13(10-17)7-9-14/h2-9,11H,1H3. The van der Waals surface area contributed by atoms with E-state index >= 15 is 0 Å². The molecular weight excluding hydrogens is 248 g/mol. The molecule has 0 fully saturated rings. The predicted molar refractivity (Wildman–Crippen MR) is 76.2 cm³/mol. The van der Waals surface area contributed by atoms with Crippen LogP contribution in [-0.4, -0.2) is 15.0 Å². The molecule has 4 nitrogen and oxygen atoms in total. The Hall–Kier alpha value is -2.93. The van der Waals surface area contributed by atoms with E-state index in [1.165, 1.54) is 0 Å². The lowest BCUT2D eigenvalue weighted by Gasteiger charge is -2.03. The number of benzene rings is 2. The number of nitriles is 1. The first-order chi connectivity index (χ1) is 9.78. The molecule has 0 unspecified atom stereocenters. The number of rotatable bonds is 2. The zero-order valence-corrected chi connectivity index (χ0v) is 11.0. The highest BCUT2D eigenvalue weighted by Gasteiger charge is 2.06. The van der Waals surface area contributed by atoms with Gasteiger partial charge in [-0.15, -0.1) is 5.10 Å². The third-order valence-corrected chi connectivity index (χ3v) is 3.17. The molecule has 20 heavy (non-hydrogen) atoms. The molecule has 0 aliphatic rings. The highest BCUT2D eigenvalue weighted by Crippen LogP contribution is 2.19. The first kappa shape index (κ1) is 12.1. The molecule has 0 aliphatic heterocycles. The van der Waals surface area contributed by atoms with Crippen LogP contribution >= 0.6 is 0 Å². The molecule has 0 saturated carbocycles. The second kappa shape index (κ2) is 4.98. The summed E-state index contributed by atoms with van der Waals surface area (Å²) in [6.45, 7) is 2.04. The normalized spacial score (nSPS) is 10.2. The van der Waals surface area contributed by atoms with Gasteiger partial charge in [0.2, 0.25) is 0 Å². The van der Waals surface area contributed by atoms with Gasteiger partial charge >= 0.3 is 0 Å². The van der Waals surface area contributed by atoms with Gasteiger partial charge in [0, 0.05) is 5.56 Å². The summed E-state index contributed by atoms with van der Waals surface area (Å²) in [5.41, 5.74) is 4.53. The largest absolute Gasteiger partial charge is 0.220 e. The van der Waals surface area contributed by atoms with Gasteiger partial charge in [0.15, 0.2) is 0 Å². The van der Waals surface area contributed by atoms with Crippen molar-refractivity contribution in [1.82, 2.24) is 15.0 Å². The third-order valence-electron chi connectivity index (χ3n) is 3.17. The van der Waals surface area contributed by atoms with Crippen molar-refractivity contribution in [1.29, 1.82) is 5.26 Å². The van der Waals surface area contributed by atoms with Crippen LogP contribution in [0.25, 0.3) is 16.9 Å². The third kappa shape index (κ3) is 2.17. The summed E-state index contributed by atoms with van der Waals surface area (Å²) in [6.07, 6.45) is 1.89. The second-order valence-corrected chi connectivity index (χ2v) is 4.52. The zero-order chi connectivity index (χ0) is 13.9. The van der Waals surface area contributed by atoms with E-state index in [2.05, 4.69) is 16.4 Å². The maximum atomic E-state index is 8.80. The Morgan fingerprint density at radius 3 is 2.50 bits per heavy atom. The van der Waals surface area contributed by atoms with Crippen LogP contribution < -0.4 is 0 Å². The van der Waals surface area contributed by atoms with E-state index in [4.69, 9.17) is 5.26 Å². The Morgan fingerprint density at radius 2 is 1.80 bits per heavy atom. The fourth-order valence-corrected chi connectivity index (χ4v) is 2.05. The SMILES string of the molecule is Cc1ccccc1-n1cc(-c2ccc(C#N)cc2)nn1. The van der Waals surface area contributed by atoms with Crippen molar-refractivity contribution >= 4 is 0 Å². The molecule has 0 spiro atoms.